The molecule has 0 saturated carbocycles. The number of guanidine groups is 1. The van der Waals surface area contributed by atoms with Crippen molar-refractivity contribution in [2.24, 2.45) is 4.99 Å². The van der Waals surface area contributed by atoms with E-state index in [0.29, 0.717) is 24.1 Å². The molecule has 6 nitrogen and oxygen atoms in total. The lowest BCUT2D eigenvalue weighted by Crippen LogP contribution is -2.44. The molecule has 2 rings (SSSR count). The van der Waals surface area contributed by atoms with Crippen LogP contribution < -0.4 is 10.6 Å². The normalized spacial score (nSPS) is 18.3. The third-order valence-corrected chi connectivity index (χ3v) is 5.63. The van der Waals surface area contributed by atoms with Crippen molar-refractivity contribution in [2.45, 2.75) is 25.6 Å². The van der Waals surface area contributed by atoms with Gasteiger partial charge in [0, 0.05) is 54.5 Å². The zero-order valence-electron chi connectivity index (χ0n) is 15.9. The molecule has 0 aliphatic carbocycles. The fraction of sp³-hybridized carbons (Fsp3) is 0.632. The second kappa shape index (κ2) is 12.0. The van der Waals surface area contributed by atoms with E-state index in [-0.39, 0.29) is 0 Å². The Morgan fingerprint density at radius 1 is 1.27 bits per heavy atom. The Bertz CT molecular complexity index is 562. The van der Waals surface area contributed by atoms with Crippen molar-refractivity contribution in [3.8, 4) is 0 Å². The van der Waals surface area contributed by atoms with Crippen LogP contribution in [0, 0.1) is 0 Å². The van der Waals surface area contributed by atoms with E-state index in [4.69, 9.17) is 4.74 Å². The molecule has 1 fully saturated rings. The summed E-state index contributed by atoms with van der Waals surface area (Å²) in [5.41, 5.74) is 1.12. The van der Waals surface area contributed by atoms with Gasteiger partial charge >= 0.3 is 0 Å². The molecule has 2 N–H and O–H groups in total. The molecule has 1 aliphatic rings. The second-order valence-corrected chi connectivity index (χ2v) is 7.99. The van der Waals surface area contributed by atoms with Gasteiger partial charge < -0.3 is 15.4 Å². The van der Waals surface area contributed by atoms with Crippen LogP contribution in [0.3, 0.4) is 0 Å². The van der Waals surface area contributed by atoms with E-state index in [1.54, 1.807) is 0 Å². The van der Waals surface area contributed by atoms with Crippen LogP contribution in [0.5, 0.6) is 0 Å². The SMILES string of the molecule is CCNC(=NCC(C)N1CCOCC1)NCCS(=O)Cc1ccccc1. The first-order valence-corrected chi connectivity index (χ1v) is 10.9. The lowest BCUT2D eigenvalue weighted by Gasteiger charge is -2.31. The van der Waals surface area contributed by atoms with Crippen LogP contribution in [0.2, 0.25) is 0 Å². The van der Waals surface area contributed by atoms with Crippen molar-refractivity contribution in [3.05, 3.63) is 35.9 Å². The highest BCUT2D eigenvalue weighted by atomic mass is 32.2. The molecule has 1 aliphatic heterocycles. The van der Waals surface area contributed by atoms with Crippen molar-refractivity contribution in [3.63, 3.8) is 0 Å². The fourth-order valence-corrected chi connectivity index (χ4v) is 3.85. The molecule has 146 valence electrons. The number of benzene rings is 1. The molecule has 26 heavy (non-hydrogen) atoms. The number of morpholine rings is 1. The molecular weight excluding hydrogens is 348 g/mol. The maximum atomic E-state index is 12.2. The van der Waals surface area contributed by atoms with E-state index in [9.17, 15) is 4.21 Å². The summed E-state index contributed by atoms with van der Waals surface area (Å²) in [6, 6.07) is 10.4. The molecule has 0 radical (unpaired) electrons. The van der Waals surface area contributed by atoms with E-state index < -0.39 is 10.8 Å². The van der Waals surface area contributed by atoms with Gasteiger partial charge in [0.15, 0.2) is 5.96 Å². The summed E-state index contributed by atoms with van der Waals surface area (Å²) in [7, 11) is -0.875. The Kier molecular flexibility index (Phi) is 9.66. The van der Waals surface area contributed by atoms with Gasteiger partial charge in [0.05, 0.1) is 19.8 Å². The van der Waals surface area contributed by atoms with Crippen molar-refractivity contribution in [1.29, 1.82) is 0 Å². The molecule has 0 aromatic heterocycles. The lowest BCUT2D eigenvalue weighted by atomic mass is 10.2. The summed E-state index contributed by atoms with van der Waals surface area (Å²) < 4.78 is 17.6. The van der Waals surface area contributed by atoms with Gasteiger partial charge in [-0.15, -0.1) is 0 Å². The number of nitrogens with zero attached hydrogens (tertiary/aromatic N) is 2. The van der Waals surface area contributed by atoms with Crippen molar-refractivity contribution >= 4 is 16.8 Å². The number of hydrogen-bond donors (Lipinski definition) is 2. The van der Waals surface area contributed by atoms with Gasteiger partial charge in [-0.05, 0) is 19.4 Å². The highest BCUT2D eigenvalue weighted by Gasteiger charge is 2.16. The first-order chi connectivity index (χ1) is 12.7. The Hall–Kier alpha value is -1.44. The third kappa shape index (κ3) is 7.85. The van der Waals surface area contributed by atoms with Gasteiger partial charge in [0.1, 0.15) is 0 Å². The highest BCUT2D eigenvalue weighted by molar-refractivity contribution is 7.84. The van der Waals surface area contributed by atoms with E-state index in [1.807, 2.05) is 30.3 Å². The predicted octanol–water partition coefficient (Wildman–Crippen LogP) is 1.21. The minimum absolute atomic E-state index is 0.390. The van der Waals surface area contributed by atoms with Crippen LogP contribution in [-0.4, -0.2) is 72.8 Å². The van der Waals surface area contributed by atoms with Gasteiger partial charge in [-0.25, -0.2) is 0 Å². The Balaban J connectivity index is 1.73. The zero-order valence-corrected chi connectivity index (χ0v) is 16.8. The minimum Gasteiger partial charge on any atom is -0.379 e. The topological polar surface area (TPSA) is 66.0 Å². The first-order valence-electron chi connectivity index (χ1n) is 9.42. The molecule has 1 aromatic carbocycles. The molecule has 0 spiro atoms. The number of rotatable bonds is 9. The van der Waals surface area contributed by atoms with Crippen molar-refractivity contribution in [1.82, 2.24) is 15.5 Å². The molecule has 0 amide bonds. The molecule has 0 bridgehead atoms. The monoisotopic (exact) mass is 380 g/mol. The smallest absolute Gasteiger partial charge is 0.191 e. The summed E-state index contributed by atoms with van der Waals surface area (Å²) in [6.45, 7) is 10.0. The van der Waals surface area contributed by atoms with Gasteiger partial charge in [-0.2, -0.15) is 0 Å². The fourth-order valence-electron chi connectivity index (χ4n) is 2.81. The molecule has 1 aromatic rings. The Morgan fingerprint density at radius 3 is 2.69 bits per heavy atom. The average Bonchev–Trinajstić information content (AvgIpc) is 2.67. The molecular formula is C19H32N4O2S. The van der Waals surface area contributed by atoms with Crippen LogP contribution in [0.25, 0.3) is 0 Å². The van der Waals surface area contributed by atoms with E-state index in [2.05, 4.69) is 34.4 Å². The summed E-state index contributed by atoms with van der Waals surface area (Å²) >= 11 is 0. The number of ether oxygens (including phenoxy) is 1. The molecule has 7 heteroatoms. The van der Waals surface area contributed by atoms with Crippen LogP contribution in [0.1, 0.15) is 19.4 Å². The summed E-state index contributed by atoms with van der Waals surface area (Å²) in [5, 5.41) is 6.56. The van der Waals surface area contributed by atoms with Crippen LogP contribution in [-0.2, 0) is 21.3 Å². The maximum Gasteiger partial charge on any atom is 0.191 e. The third-order valence-electron chi connectivity index (χ3n) is 4.32. The Labute approximate surface area is 159 Å². The number of hydrogen-bond acceptors (Lipinski definition) is 4. The van der Waals surface area contributed by atoms with Gasteiger partial charge in [0.25, 0.3) is 0 Å². The van der Waals surface area contributed by atoms with Crippen molar-refractivity contribution in [2.75, 3.05) is 51.7 Å². The average molecular weight is 381 g/mol. The second-order valence-electron chi connectivity index (χ2n) is 6.42. The largest absolute Gasteiger partial charge is 0.379 e. The van der Waals surface area contributed by atoms with E-state index >= 15 is 0 Å². The van der Waals surface area contributed by atoms with Crippen LogP contribution in [0.4, 0.5) is 0 Å². The number of nitrogens with one attached hydrogen (secondary N) is 2. The van der Waals surface area contributed by atoms with Gasteiger partial charge in [-0.1, -0.05) is 30.3 Å². The molecule has 1 heterocycles. The van der Waals surface area contributed by atoms with Crippen LogP contribution >= 0.6 is 0 Å². The molecule has 1 saturated heterocycles. The predicted molar refractivity (Wildman–Crippen MR) is 109 cm³/mol. The van der Waals surface area contributed by atoms with E-state index in [0.717, 1.165) is 50.9 Å². The summed E-state index contributed by atoms with van der Waals surface area (Å²) in [5.74, 6) is 2.01. The number of aliphatic imine (C=N–C) groups is 1. The molecule has 2 unspecified atom stereocenters. The molecule has 2 atom stereocenters. The standard InChI is InChI=1S/C19H32N4O2S/c1-3-20-19(22-15-17(2)23-10-12-25-13-11-23)21-9-14-26(24)16-18-7-5-4-6-8-18/h4-8,17H,3,9-16H2,1-2H3,(H2,20,21,22). The highest BCUT2D eigenvalue weighted by Crippen LogP contribution is 2.04. The van der Waals surface area contributed by atoms with Crippen molar-refractivity contribution < 1.29 is 8.95 Å². The first kappa shape index (κ1) is 20.9. The quantitative estimate of drug-likeness (QED) is 0.498. The summed E-state index contributed by atoms with van der Waals surface area (Å²) in [4.78, 5) is 7.09. The lowest BCUT2D eigenvalue weighted by molar-refractivity contribution is 0.0220. The zero-order chi connectivity index (χ0) is 18.6. The van der Waals surface area contributed by atoms with Crippen LogP contribution in [0.15, 0.2) is 35.3 Å². The summed E-state index contributed by atoms with van der Waals surface area (Å²) in [6.07, 6.45) is 0. The Morgan fingerprint density at radius 2 is 2.00 bits per heavy atom. The maximum absolute atomic E-state index is 12.2. The van der Waals surface area contributed by atoms with E-state index in [1.165, 1.54) is 0 Å². The minimum atomic E-state index is -0.875. The van der Waals surface area contributed by atoms with Gasteiger partial charge in [-0.3, -0.25) is 14.1 Å². The van der Waals surface area contributed by atoms with Gasteiger partial charge in [0.2, 0.25) is 0 Å².